The molecule has 0 spiro atoms. The highest BCUT2D eigenvalue weighted by Gasteiger charge is 2.12. The molecule has 0 radical (unpaired) electrons. The summed E-state index contributed by atoms with van der Waals surface area (Å²) >= 11 is 0. The van der Waals surface area contributed by atoms with Gasteiger partial charge in [-0.25, -0.2) is 0 Å². The van der Waals surface area contributed by atoms with Gasteiger partial charge in [-0.2, -0.15) is 0 Å². The fourth-order valence-electron chi connectivity index (χ4n) is 1.94. The van der Waals surface area contributed by atoms with Crippen LogP contribution in [-0.2, 0) is 0 Å². The van der Waals surface area contributed by atoms with Crippen LogP contribution in [0.5, 0.6) is 5.75 Å². The number of phenolic OH excluding ortho intramolecular Hbond substituents is 1. The standard InChI is InChI=1S/C15H23NO2/c1-3-5-8-12(4-2)11-16-15(18)13-9-6-7-10-14(13)17/h6-7,9-10,12,17H,3-5,8,11H2,1-2H3,(H,16,18). The third kappa shape index (κ3) is 4.40. The van der Waals surface area contributed by atoms with Gasteiger partial charge < -0.3 is 10.4 Å². The molecule has 0 saturated heterocycles. The van der Waals surface area contributed by atoms with Crippen molar-refractivity contribution in [3.8, 4) is 5.75 Å². The predicted octanol–water partition coefficient (Wildman–Crippen LogP) is 3.34. The number of unbranched alkanes of at least 4 members (excludes halogenated alkanes) is 1. The molecule has 2 N–H and O–H groups in total. The SMILES string of the molecule is CCCCC(CC)CNC(=O)c1ccccc1O. The van der Waals surface area contributed by atoms with Crippen LogP contribution in [0.2, 0.25) is 0 Å². The Morgan fingerprint density at radius 2 is 2.06 bits per heavy atom. The lowest BCUT2D eigenvalue weighted by Gasteiger charge is -2.15. The van der Waals surface area contributed by atoms with Crippen LogP contribution in [-0.4, -0.2) is 17.6 Å². The van der Waals surface area contributed by atoms with Crippen molar-refractivity contribution in [3.05, 3.63) is 29.8 Å². The molecule has 3 nitrogen and oxygen atoms in total. The maximum absolute atomic E-state index is 11.9. The monoisotopic (exact) mass is 249 g/mol. The molecule has 1 unspecified atom stereocenters. The van der Waals surface area contributed by atoms with Crippen LogP contribution in [0.1, 0.15) is 49.9 Å². The van der Waals surface area contributed by atoms with Gasteiger partial charge in [0, 0.05) is 6.54 Å². The van der Waals surface area contributed by atoms with Gasteiger partial charge in [-0.1, -0.05) is 45.2 Å². The normalized spacial score (nSPS) is 12.1. The molecule has 1 aromatic carbocycles. The third-order valence-electron chi connectivity index (χ3n) is 3.24. The molecule has 0 aromatic heterocycles. The number of hydrogen-bond donors (Lipinski definition) is 2. The molecule has 1 amide bonds. The number of aromatic hydroxyl groups is 1. The zero-order valence-corrected chi connectivity index (χ0v) is 11.3. The van der Waals surface area contributed by atoms with E-state index in [9.17, 15) is 9.90 Å². The van der Waals surface area contributed by atoms with Crippen LogP contribution in [0.25, 0.3) is 0 Å². The Morgan fingerprint density at radius 1 is 1.33 bits per heavy atom. The average Bonchev–Trinajstić information content (AvgIpc) is 2.39. The number of nitrogens with one attached hydrogen (secondary N) is 1. The summed E-state index contributed by atoms with van der Waals surface area (Å²) < 4.78 is 0. The Balaban J connectivity index is 2.47. The molecule has 0 aliphatic carbocycles. The number of carbonyl (C=O) groups excluding carboxylic acids is 1. The maximum atomic E-state index is 11.9. The topological polar surface area (TPSA) is 49.3 Å². The zero-order valence-electron chi connectivity index (χ0n) is 11.3. The molecule has 0 aliphatic heterocycles. The van der Waals surface area contributed by atoms with Crippen molar-refractivity contribution >= 4 is 5.91 Å². The highest BCUT2D eigenvalue weighted by Crippen LogP contribution is 2.16. The van der Waals surface area contributed by atoms with E-state index < -0.39 is 0 Å². The number of phenols is 1. The Kier molecular flexibility index (Phi) is 6.26. The van der Waals surface area contributed by atoms with E-state index in [1.807, 2.05) is 0 Å². The Labute approximate surface area is 109 Å². The van der Waals surface area contributed by atoms with Crippen molar-refractivity contribution < 1.29 is 9.90 Å². The first-order chi connectivity index (χ1) is 8.69. The highest BCUT2D eigenvalue weighted by molar-refractivity contribution is 5.96. The van der Waals surface area contributed by atoms with Gasteiger partial charge in [0.15, 0.2) is 0 Å². The summed E-state index contributed by atoms with van der Waals surface area (Å²) in [6.45, 7) is 5.00. The van der Waals surface area contributed by atoms with Crippen molar-refractivity contribution in [2.24, 2.45) is 5.92 Å². The molecule has 0 aliphatic rings. The van der Waals surface area contributed by atoms with E-state index >= 15 is 0 Å². The first kappa shape index (κ1) is 14.6. The van der Waals surface area contributed by atoms with E-state index in [-0.39, 0.29) is 11.7 Å². The smallest absolute Gasteiger partial charge is 0.255 e. The molecular formula is C15H23NO2. The number of hydrogen-bond acceptors (Lipinski definition) is 2. The fourth-order valence-corrected chi connectivity index (χ4v) is 1.94. The minimum absolute atomic E-state index is 0.0385. The van der Waals surface area contributed by atoms with Crippen molar-refractivity contribution in [2.75, 3.05) is 6.54 Å². The van der Waals surface area contributed by atoms with Gasteiger partial charge in [0.25, 0.3) is 5.91 Å². The highest BCUT2D eigenvalue weighted by atomic mass is 16.3. The number of carbonyl (C=O) groups is 1. The van der Waals surface area contributed by atoms with Crippen LogP contribution in [0, 0.1) is 5.92 Å². The van der Waals surface area contributed by atoms with Gasteiger partial charge in [-0.05, 0) is 24.5 Å². The van der Waals surface area contributed by atoms with Crippen LogP contribution < -0.4 is 5.32 Å². The molecule has 1 atom stereocenters. The Morgan fingerprint density at radius 3 is 2.67 bits per heavy atom. The van der Waals surface area contributed by atoms with Gasteiger partial charge in [-0.15, -0.1) is 0 Å². The minimum atomic E-state index is -0.192. The van der Waals surface area contributed by atoms with Gasteiger partial charge in [-0.3, -0.25) is 4.79 Å². The van der Waals surface area contributed by atoms with E-state index in [1.165, 1.54) is 18.9 Å². The first-order valence-electron chi connectivity index (χ1n) is 6.75. The van der Waals surface area contributed by atoms with E-state index in [0.717, 1.165) is 12.8 Å². The summed E-state index contributed by atoms with van der Waals surface area (Å²) in [6.07, 6.45) is 4.60. The molecule has 1 rings (SSSR count). The largest absolute Gasteiger partial charge is 0.507 e. The van der Waals surface area contributed by atoms with Crippen molar-refractivity contribution in [1.29, 1.82) is 0 Å². The summed E-state index contributed by atoms with van der Waals surface area (Å²) in [6, 6.07) is 6.63. The lowest BCUT2D eigenvalue weighted by Crippen LogP contribution is -2.29. The summed E-state index contributed by atoms with van der Waals surface area (Å²) in [4.78, 5) is 11.9. The lowest BCUT2D eigenvalue weighted by atomic mass is 9.99. The van der Waals surface area contributed by atoms with E-state index in [0.29, 0.717) is 18.0 Å². The molecule has 18 heavy (non-hydrogen) atoms. The Hall–Kier alpha value is -1.51. The summed E-state index contributed by atoms with van der Waals surface area (Å²) in [5.41, 5.74) is 0.350. The van der Waals surface area contributed by atoms with Gasteiger partial charge in [0.05, 0.1) is 5.56 Å². The molecular weight excluding hydrogens is 226 g/mol. The average molecular weight is 249 g/mol. The number of rotatable bonds is 7. The van der Waals surface area contributed by atoms with Crippen LogP contribution in [0.15, 0.2) is 24.3 Å². The molecule has 0 fully saturated rings. The lowest BCUT2D eigenvalue weighted by molar-refractivity contribution is 0.0943. The third-order valence-corrected chi connectivity index (χ3v) is 3.24. The molecule has 0 saturated carbocycles. The first-order valence-corrected chi connectivity index (χ1v) is 6.75. The maximum Gasteiger partial charge on any atom is 0.255 e. The van der Waals surface area contributed by atoms with Crippen molar-refractivity contribution in [1.82, 2.24) is 5.32 Å². The second kappa shape index (κ2) is 7.75. The summed E-state index contributed by atoms with van der Waals surface area (Å²) in [5, 5.41) is 12.5. The molecule has 0 bridgehead atoms. The molecule has 1 aromatic rings. The van der Waals surface area contributed by atoms with Crippen LogP contribution >= 0.6 is 0 Å². The van der Waals surface area contributed by atoms with Gasteiger partial charge in [0.2, 0.25) is 0 Å². The molecule has 3 heteroatoms. The van der Waals surface area contributed by atoms with Crippen molar-refractivity contribution in [3.63, 3.8) is 0 Å². The van der Waals surface area contributed by atoms with E-state index in [2.05, 4.69) is 19.2 Å². The van der Waals surface area contributed by atoms with Gasteiger partial charge >= 0.3 is 0 Å². The minimum Gasteiger partial charge on any atom is -0.507 e. The number of benzene rings is 1. The number of para-hydroxylation sites is 1. The zero-order chi connectivity index (χ0) is 13.4. The molecule has 100 valence electrons. The quantitative estimate of drug-likeness (QED) is 0.778. The van der Waals surface area contributed by atoms with Gasteiger partial charge in [0.1, 0.15) is 5.75 Å². The van der Waals surface area contributed by atoms with Crippen LogP contribution in [0.4, 0.5) is 0 Å². The van der Waals surface area contributed by atoms with E-state index in [1.54, 1.807) is 18.2 Å². The number of amides is 1. The summed E-state index contributed by atoms with van der Waals surface area (Å²) in [7, 11) is 0. The van der Waals surface area contributed by atoms with Crippen LogP contribution in [0.3, 0.4) is 0 Å². The summed E-state index contributed by atoms with van der Waals surface area (Å²) in [5.74, 6) is 0.374. The second-order valence-corrected chi connectivity index (χ2v) is 4.64. The fraction of sp³-hybridized carbons (Fsp3) is 0.533. The van der Waals surface area contributed by atoms with E-state index in [4.69, 9.17) is 0 Å². The van der Waals surface area contributed by atoms with Crippen molar-refractivity contribution in [2.45, 2.75) is 39.5 Å². The Bertz CT molecular complexity index is 377. The molecule has 0 heterocycles. The predicted molar refractivity (Wildman–Crippen MR) is 73.7 cm³/mol. The second-order valence-electron chi connectivity index (χ2n) is 4.64.